The minimum Gasteiger partial charge on any atom is -0.320 e. The van der Waals surface area contributed by atoms with Gasteiger partial charge in [-0.15, -0.1) is 11.3 Å². The molecule has 0 radical (unpaired) electrons. The van der Waals surface area contributed by atoms with Crippen molar-refractivity contribution in [2.45, 2.75) is 11.4 Å². The van der Waals surface area contributed by atoms with Gasteiger partial charge in [0.1, 0.15) is 0 Å². The molecule has 7 heteroatoms. The lowest BCUT2D eigenvalue weighted by molar-refractivity contribution is 0.582. The number of rotatable bonds is 4. The van der Waals surface area contributed by atoms with Crippen molar-refractivity contribution >= 4 is 37.3 Å². The predicted molar refractivity (Wildman–Crippen MR) is 88.4 cm³/mol. The number of nitrogens with one attached hydrogen (secondary N) is 1. The van der Waals surface area contributed by atoms with Crippen LogP contribution in [0.5, 0.6) is 0 Å². The molecule has 0 amide bonds. The summed E-state index contributed by atoms with van der Waals surface area (Å²) in [6.45, 7) is 0.547. The first-order valence-corrected chi connectivity index (χ1v) is 9.13. The monoisotopic (exact) mass is 384 g/mol. The lowest BCUT2D eigenvalue weighted by Gasteiger charge is -2.05. The molecule has 21 heavy (non-hydrogen) atoms. The van der Waals surface area contributed by atoms with Gasteiger partial charge < -0.3 is 5.73 Å². The van der Waals surface area contributed by atoms with Crippen molar-refractivity contribution in [3.05, 3.63) is 50.6 Å². The first kappa shape index (κ1) is 16.2. The number of sulfonamides is 1. The van der Waals surface area contributed by atoms with Crippen molar-refractivity contribution in [2.24, 2.45) is 5.73 Å². The highest BCUT2D eigenvalue weighted by molar-refractivity contribution is 9.11. The van der Waals surface area contributed by atoms with Crippen LogP contribution < -0.4 is 10.5 Å². The maximum absolute atomic E-state index is 12.2. The van der Waals surface area contributed by atoms with Gasteiger partial charge in [-0.25, -0.2) is 13.1 Å². The van der Waals surface area contributed by atoms with E-state index in [1.165, 1.54) is 23.5 Å². The first-order chi connectivity index (χ1) is 10.0. The Morgan fingerprint density at radius 1 is 1.19 bits per heavy atom. The largest absolute Gasteiger partial charge is 0.320 e. The van der Waals surface area contributed by atoms with E-state index in [4.69, 9.17) is 5.73 Å². The summed E-state index contributed by atoms with van der Waals surface area (Å²) in [6, 6.07) is 10.2. The molecule has 0 aliphatic carbocycles. The third-order valence-corrected chi connectivity index (χ3v) is 5.61. The second kappa shape index (κ2) is 7.20. The van der Waals surface area contributed by atoms with Crippen LogP contribution in [-0.2, 0) is 16.6 Å². The quantitative estimate of drug-likeness (QED) is 0.794. The summed E-state index contributed by atoms with van der Waals surface area (Å²) in [5.74, 6) is 5.57. The molecule has 110 valence electrons. The van der Waals surface area contributed by atoms with Crippen molar-refractivity contribution < 1.29 is 8.42 Å². The van der Waals surface area contributed by atoms with Crippen LogP contribution in [0.15, 0.2) is 45.1 Å². The van der Waals surface area contributed by atoms with Crippen LogP contribution in [0.2, 0.25) is 0 Å². The third-order valence-electron chi connectivity index (χ3n) is 2.56. The van der Waals surface area contributed by atoms with E-state index >= 15 is 0 Å². The topological polar surface area (TPSA) is 72.2 Å². The zero-order valence-electron chi connectivity index (χ0n) is 11.0. The molecule has 0 aliphatic rings. The summed E-state index contributed by atoms with van der Waals surface area (Å²) in [4.78, 5) is 1.16. The van der Waals surface area contributed by atoms with Crippen LogP contribution in [0, 0.1) is 11.8 Å². The van der Waals surface area contributed by atoms with Crippen LogP contribution in [-0.4, -0.2) is 15.0 Å². The van der Waals surface area contributed by atoms with Crippen LogP contribution >= 0.6 is 27.3 Å². The zero-order valence-corrected chi connectivity index (χ0v) is 14.2. The summed E-state index contributed by atoms with van der Waals surface area (Å²) in [5, 5.41) is 0. The number of nitrogens with two attached hydrogens (primary N) is 1. The smallest absolute Gasteiger partial charge is 0.240 e. The third kappa shape index (κ3) is 4.66. The van der Waals surface area contributed by atoms with E-state index in [1.807, 2.05) is 12.1 Å². The molecule has 1 aromatic carbocycles. The Hall–Kier alpha value is -1.17. The molecular formula is C14H13BrN2O2S2. The van der Waals surface area contributed by atoms with Crippen LogP contribution in [0.4, 0.5) is 0 Å². The number of hydrogen-bond donors (Lipinski definition) is 2. The molecule has 1 heterocycles. The van der Waals surface area contributed by atoms with Gasteiger partial charge in [0.2, 0.25) is 10.0 Å². The summed E-state index contributed by atoms with van der Waals surface area (Å²) >= 11 is 4.84. The number of benzene rings is 1. The lowest BCUT2D eigenvalue weighted by Crippen LogP contribution is -2.22. The highest BCUT2D eigenvalue weighted by Gasteiger charge is 2.13. The maximum atomic E-state index is 12.2. The fourth-order valence-corrected chi connectivity index (χ4v) is 4.09. The van der Waals surface area contributed by atoms with Gasteiger partial charge in [0.05, 0.1) is 15.2 Å². The Morgan fingerprint density at radius 3 is 2.48 bits per heavy atom. The molecule has 1 aromatic heterocycles. The van der Waals surface area contributed by atoms with E-state index in [-0.39, 0.29) is 18.0 Å². The molecule has 2 aromatic rings. The SMILES string of the molecule is NCC#Cc1ccc(S(=O)(=O)NCc2ccc(Br)s2)cc1. The number of thiophene rings is 1. The fraction of sp³-hybridized carbons (Fsp3) is 0.143. The molecule has 4 nitrogen and oxygen atoms in total. The molecule has 3 N–H and O–H groups in total. The highest BCUT2D eigenvalue weighted by Crippen LogP contribution is 2.22. The minimum atomic E-state index is -3.52. The van der Waals surface area contributed by atoms with Gasteiger partial charge in [0, 0.05) is 17.0 Å². The van der Waals surface area contributed by atoms with Crippen molar-refractivity contribution in [3.8, 4) is 11.8 Å². The molecule has 0 fully saturated rings. The molecule has 0 unspecified atom stereocenters. The first-order valence-electron chi connectivity index (χ1n) is 6.04. The highest BCUT2D eigenvalue weighted by atomic mass is 79.9. The van der Waals surface area contributed by atoms with Crippen molar-refractivity contribution in [2.75, 3.05) is 6.54 Å². The maximum Gasteiger partial charge on any atom is 0.240 e. The molecule has 0 spiro atoms. The van der Waals surface area contributed by atoms with Gasteiger partial charge in [-0.05, 0) is 52.3 Å². The van der Waals surface area contributed by atoms with Crippen molar-refractivity contribution in [1.29, 1.82) is 0 Å². The fourth-order valence-electron chi connectivity index (χ4n) is 1.57. The van der Waals surface area contributed by atoms with Gasteiger partial charge in [-0.3, -0.25) is 0 Å². The van der Waals surface area contributed by atoms with E-state index in [1.54, 1.807) is 12.1 Å². The van der Waals surface area contributed by atoms with E-state index < -0.39 is 10.0 Å². The number of halogens is 1. The summed E-state index contributed by atoms with van der Waals surface area (Å²) in [7, 11) is -3.52. The van der Waals surface area contributed by atoms with Crippen molar-refractivity contribution in [3.63, 3.8) is 0 Å². The molecule has 0 aliphatic heterocycles. The van der Waals surface area contributed by atoms with Crippen LogP contribution in [0.25, 0.3) is 0 Å². The molecular weight excluding hydrogens is 372 g/mol. The normalized spacial score (nSPS) is 11.0. The molecule has 0 saturated carbocycles. The van der Waals surface area contributed by atoms with Gasteiger partial charge >= 0.3 is 0 Å². The number of hydrogen-bond acceptors (Lipinski definition) is 4. The van der Waals surface area contributed by atoms with Gasteiger partial charge in [-0.2, -0.15) is 0 Å². The van der Waals surface area contributed by atoms with E-state index in [2.05, 4.69) is 32.5 Å². The molecule has 0 saturated heterocycles. The average Bonchev–Trinajstić information content (AvgIpc) is 2.89. The Kier molecular flexibility index (Phi) is 5.56. The van der Waals surface area contributed by atoms with E-state index in [0.717, 1.165) is 14.2 Å². The Morgan fingerprint density at radius 2 is 1.90 bits per heavy atom. The summed E-state index contributed by atoms with van der Waals surface area (Å²) in [5.41, 5.74) is 6.03. The minimum absolute atomic E-state index is 0.219. The van der Waals surface area contributed by atoms with Crippen LogP contribution in [0.1, 0.15) is 10.4 Å². The van der Waals surface area contributed by atoms with Crippen LogP contribution in [0.3, 0.4) is 0 Å². The standard InChI is InChI=1S/C14H13BrN2O2S2/c15-14-8-5-12(20-14)10-17-21(18,19)13-6-3-11(4-7-13)2-1-9-16/h3-8,17H,9-10,16H2. The lowest BCUT2D eigenvalue weighted by atomic mass is 10.2. The molecule has 0 atom stereocenters. The van der Waals surface area contributed by atoms with Gasteiger partial charge in [0.25, 0.3) is 0 Å². The van der Waals surface area contributed by atoms with Gasteiger partial charge in [-0.1, -0.05) is 11.8 Å². The second-order valence-electron chi connectivity index (χ2n) is 4.06. The Balaban J connectivity index is 2.08. The van der Waals surface area contributed by atoms with Crippen molar-refractivity contribution in [1.82, 2.24) is 4.72 Å². The molecule has 0 bridgehead atoms. The Labute approximate surface area is 136 Å². The van der Waals surface area contributed by atoms with Gasteiger partial charge in [0.15, 0.2) is 0 Å². The zero-order chi connectivity index (χ0) is 15.3. The summed E-state index contributed by atoms with van der Waals surface area (Å²) < 4.78 is 27.9. The molecule has 2 rings (SSSR count). The average molecular weight is 385 g/mol. The second-order valence-corrected chi connectivity index (χ2v) is 8.38. The Bertz CT molecular complexity index is 771. The van der Waals surface area contributed by atoms with E-state index in [9.17, 15) is 8.42 Å². The predicted octanol–water partition coefficient (Wildman–Crippen LogP) is 2.30. The van der Waals surface area contributed by atoms with E-state index in [0.29, 0.717) is 0 Å². The summed E-state index contributed by atoms with van der Waals surface area (Å²) in [6.07, 6.45) is 0.